The summed E-state index contributed by atoms with van der Waals surface area (Å²) in [6.45, 7) is 4.43. The van der Waals surface area contributed by atoms with E-state index in [1.807, 2.05) is 12.3 Å². The van der Waals surface area contributed by atoms with Crippen molar-refractivity contribution in [2.24, 2.45) is 4.99 Å². The summed E-state index contributed by atoms with van der Waals surface area (Å²) in [4.78, 5) is 17.2. The molecular weight excluding hydrogens is 344 g/mol. The molecule has 0 aliphatic carbocycles. The number of pyridine rings is 1. The Morgan fingerprint density at radius 2 is 2.04 bits per heavy atom. The fraction of sp³-hybridized carbons (Fsp3) is 0.400. The fourth-order valence-electron chi connectivity index (χ4n) is 2.66. The van der Waals surface area contributed by atoms with Gasteiger partial charge in [-0.1, -0.05) is 18.2 Å². The summed E-state index contributed by atoms with van der Waals surface area (Å²) in [5.74, 6) is 0.800. The van der Waals surface area contributed by atoms with Gasteiger partial charge in [-0.15, -0.1) is 11.8 Å². The Balaban J connectivity index is 1.73. The Morgan fingerprint density at radius 1 is 1.19 bits per heavy atom. The largest absolute Gasteiger partial charge is 0.356 e. The third-order valence-electron chi connectivity index (χ3n) is 4.13. The lowest BCUT2D eigenvalue weighted by molar-refractivity contribution is 0.585. The van der Waals surface area contributed by atoms with E-state index < -0.39 is 0 Å². The van der Waals surface area contributed by atoms with Gasteiger partial charge in [0.25, 0.3) is 0 Å². The summed E-state index contributed by atoms with van der Waals surface area (Å²) in [6.07, 6.45) is 5.86. The second-order valence-electron chi connectivity index (χ2n) is 6.11. The number of unbranched alkanes of at least 4 members (excludes halogenated alkanes) is 1. The SMILES string of the molecule is CN=C(NCCCCn1ccccc1=O)NCc1ccc(C)cc1SC. The molecule has 26 heavy (non-hydrogen) atoms. The zero-order valence-corrected chi connectivity index (χ0v) is 16.6. The maximum atomic E-state index is 11.6. The monoisotopic (exact) mass is 372 g/mol. The quantitative estimate of drug-likeness (QED) is 0.324. The van der Waals surface area contributed by atoms with Crippen molar-refractivity contribution >= 4 is 17.7 Å². The van der Waals surface area contributed by atoms with Gasteiger partial charge in [0.1, 0.15) is 0 Å². The number of rotatable bonds is 8. The molecule has 0 amide bonds. The van der Waals surface area contributed by atoms with E-state index in [4.69, 9.17) is 0 Å². The maximum absolute atomic E-state index is 11.6. The van der Waals surface area contributed by atoms with Gasteiger partial charge in [0.15, 0.2) is 5.96 Å². The van der Waals surface area contributed by atoms with Crippen LogP contribution in [0.1, 0.15) is 24.0 Å². The Kier molecular flexibility index (Phi) is 8.28. The van der Waals surface area contributed by atoms with Crippen LogP contribution in [0.4, 0.5) is 0 Å². The fourth-order valence-corrected chi connectivity index (χ4v) is 3.36. The van der Waals surface area contributed by atoms with Crippen molar-refractivity contribution in [1.82, 2.24) is 15.2 Å². The van der Waals surface area contributed by atoms with Crippen LogP contribution < -0.4 is 16.2 Å². The highest BCUT2D eigenvalue weighted by Gasteiger charge is 2.04. The minimum absolute atomic E-state index is 0.0561. The van der Waals surface area contributed by atoms with Crippen LogP contribution in [0.25, 0.3) is 0 Å². The predicted octanol–water partition coefficient (Wildman–Crippen LogP) is 3.02. The second kappa shape index (κ2) is 10.7. The van der Waals surface area contributed by atoms with E-state index in [2.05, 4.69) is 47.0 Å². The van der Waals surface area contributed by atoms with Crippen LogP contribution in [-0.4, -0.2) is 30.4 Å². The Hall–Kier alpha value is -2.21. The van der Waals surface area contributed by atoms with E-state index in [0.29, 0.717) is 0 Å². The van der Waals surface area contributed by atoms with Crippen molar-refractivity contribution < 1.29 is 0 Å². The summed E-state index contributed by atoms with van der Waals surface area (Å²) in [6, 6.07) is 11.8. The first-order chi connectivity index (χ1) is 12.6. The van der Waals surface area contributed by atoms with Crippen LogP contribution >= 0.6 is 11.8 Å². The third-order valence-corrected chi connectivity index (χ3v) is 4.95. The molecule has 1 heterocycles. The Labute approximate surface area is 159 Å². The summed E-state index contributed by atoms with van der Waals surface area (Å²) < 4.78 is 1.74. The van der Waals surface area contributed by atoms with Gasteiger partial charge in [-0.2, -0.15) is 0 Å². The number of hydrogen-bond acceptors (Lipinski definition) is 3. The lowest BCUT2D eigenvalue weighted by Gasteiger charge is -2.14. The topological polar surface area (TPSA) is 58.4 Å². The highest BCUT2D eigenvalue weighted by atomic mass is 32.2. The zero-order valence-electron chi connectivity index (χ0n) is 15.8. The molecule has 5 nitrogen and oxygen atoms in total. The number of benzene rings is 1. The first kappa shape index (κ1) is 20.1. The minimum Gasteiger partial charge on any atom is -0.356 e. The molecule has 6 heteroatoms. The summed E-state index contributed by atoms with van der Waals surface area (Å²) in [5, 5.41) is 6.70. The van der Waals surface area contributed by atoms with Crippen molar-refractivity contribution in [2.45, 2.75) is 37.8 Å². The molecule has 0 atom stereocenters. The van der Waals surface area contributed by atoms with Crippen LogP contribution in [0, 0.1) is 6.92 Å². The van der Waals surface area contributed by atoms with Crippen LogP contribution in [0.5, 0.6) is 0 Å². The van der Waals surface area contributed by atoms with E-state index in [1.54, 1.807) is 35.5 Å². The van der Waals surface area contributed by atoms with Gasteiger partial charge in [-0.25, -0.2) is 0 Å². The summed E-state index contributed by atoms with van der Waals surface area (Å²) in [5.41, 5.74) is 2.60. The molecule has 0 radical (unpaired) electrons. The van der Waals surface area contributed by atoms with Gasteiger partial charge in [0.2, 0.25) is 5.56 Å². The van der Waals surface area contributed by atoms with Crippen molar-refractivity contribution in [3.8, 4) is 0 Å². The molecular formula is C20H28N4OS. The van der Waals surface area contributed by atoms with Gasteiger partial charge in [0.05, 0.1) is 0 Å². The predicted molar refractivity (Wildman–Crippen MR) is 111 cm³/mol. The lowest BCUT2D eigenvalue weighted by Crippen LogP contribution is -2.37. The van der Waals surface area contributed by atoms with Crippen molar-refractivity contribution in [2.75, 3.05) is 19.8 Å². The minimum atomic E-state index is 0.0561. The molecule has 0 unspecified atom stereocenters. The first-order valence-electron chi connectivity index (χ1n) is 8.87. The van der Waals surface area contributed by atoms with Crippen molar-refractivity contribution in [3.05, 3.63) is 64.1 Å². The summed E-state index contributed by atoms with van der Waals surface area (Å²) in [7, 11) is 1.78. The number of aliphatic imine (C=N–C) groups is 1. The highest BCUT2D eigenvalue weighted by molar-refractivity contribution is 7.98. The Bertz CT molecular complexity index is 785. The third kappa shape index (κ3) is 6.26. The average molecular weight is 373 g/mol. The average Bonchev–Trinajstić information content (AvgIpc) is 2.66. The number of nitrogens with one attached hydrogen (secondary N) is 2. The molecule has 140 valence electrons. The molecule has 0 spiro atoms. The molecule has 1 aromatic carbocycles. The molecule has 0 aliphatic heterocycles. The second-order valence-corrected chi connectivity index (χ2v) is 6.96. The molecule has 0 aliphatic rings. The first-order valence-corrected chi connectivity index (χ1v) is 10.1. The van der Waals surface area contributed by atoms with Crippen molar-refractivity contribution in [1.29, 1.82) is 0 Å². The summed E-state index contributed by atoms with van der Waals surface area (Å²) >= 11 is 1.76. The number of thioether (sulfide) groups is 1. The van der Waals surface area contributed by atoms with E-state index in [0.717, 1.165) is 38.4 Å². The van der Waals surface area contributed by atoms with E-state index in [-0.39, 0.29) is 5.56 Å². The number of nitrogens with zero attached hydrogens (tertiary/aromatic N) is 2. The van der Waals surface area contributed by atoms with Gasteiger partial charge in [-0.05, 0) is 49.3 Å². The molecule has 1 aromatic heterocycles. The standard InChI is InChI=1S/C20H28N4OS/c1-16-9-10-17(18(14-16)26-3)15-23-20(21-2)22-11-5-7-13-24-12-6-4-8-19(24)25/h4,6,8-10,12,14H,5,7,11,13,15H2,1-3H3,(H2,21,22,23). The number of aromatic nitrogens is 1. The van der Waals surface area contributed by atoms with E-state index in [9.17, 15) is 4.79 Å². The van der Waals surface area contributed by atoms with Crippen LogP contribution in [-0.2, 0) is 13.1 Å². The smallest absolute Gasteiger partial charge is 0.250 e. The normalized spacial score (nSPS) is 11.4. The zero-order chi connectivity index (χ0) is 18.8. The van der Waals surface area contributed by atoms with E-state index in [1.165, 1.54) is 16.0 Å². The molecule has 2 rings (SSSR count). The van der Waals surface area contributed by atoms with E-state index >= 15 is 0 Å². The number of aryl methyl sites for hydroxylation is 2. The van der Waals surface area contributed by atoms with Gasteiger partial charge in [-0.3, -0.25) is 9.79 Å². The van der Waals surface area contributed by atoms with Crippen LogP contribution in [0.2, 0.25) is 0 Å². The molecule has 2 N–H and O–H groups in total. The van der Waals surface area contributed by atoms with Crippen LogP contribution in [0.3, 0.4) is 0 Å². The number of guanidine groups is 1. The van der Waals surface area contributed by atoms with Gasteiger partial charge < -0.3 is 15.2 Å². The maximum Gasteiger partial charge on any atom is 0.250 e. The Morgan fingerprint density at radius 3 is 2.77 bits per heavy atom. The lowest BCUT2D eigenvalue weighted by atomic mass is 10.1. The molecule has 0 fully saturated rings. The van der Waals surface area contributed by atoms with Crippen molar-refractivity contribution in [3.63, 3.8) is 0 Å². The molecule has 2 aromatic rings. The van der Waals surface area contributed by atoms with Gasteiger partial charge >= 0.3 is 0 Å². The molecule has 0 bridgehead atoms. The van der Waals surface area contributed by atoms with Crippen LogP contribution in [0.15, 0.2) is 57.3 Å². The molecule has 0 saturated heterocycles. The highest BCUT2D eigenvalue weighted by Crippen LogP contribution is 2.21. The molecule has 0 saturated carbocycles. The van der Waals surface area contributed by atoms with Gasteiger partial charge in [0, 0.05) is 43.8 Å². The number of hydrogen-bond donors (Lipinski definition) is 2.